The Morgan fingerprint density at radius 1 is 1.21 bits per heavy atom. The summed E-state index contributed by atoms with van der Waals surface area (Å²) in [6.07, 6.45) is 5.54. The average Bonchev–Trinajstić information content (AvgIpc) is 3.42. The zero-order valence-corrected chi connectivity index (χ0v) is 18.6. The van der Waals surface area contributed by atoms with Gasteiger partial charge in [0.15, 0.2) is 5.65 Å². The van der Waals surface area contributed by atoms with Crippen molar-refractivity contribution in [1.29, 1.82) is 0 Å². The molecule has 1 saturated carbocycles. The molecule has 0 spiro atoms. The van der Waals surface area contributed by atoms with E-state index >= 15 is 0 Å². The van der Waals surface area contributed by atoms with Crippen LogP contribution in [0.25, 0.3) is 11.7 Å². The highest BCUT2D eigenvalue weighted by atomic mass is 16.2. The number of hydrogen-bond acceptors (Lipinski definition) is 8. The van der Waals surface area contributed by atoms with Gasteiger partial charge in [-0.1, -0.05) is 30.3 Å². The van der Waals surface area contributed by atoms with E-state index in [1.54, 1.807) is 16.8 Å². The van der Waals surface area contributed by atoms with Crippen molar-refractivity contribution in [2.45, 2.75) is 31.3 Å². The predicted molar refractivity (Wildman–Crippen MR) is 125 cm³/mol. The lowest BCUT2D eigenvalue weighted by Gasteiger charge is -2.23. The van der Waals surface area contributed by atoms with Gasteiger partial charge in [-0.15, -0.1) is 0 Å². The number of carbonyl (C=O) groups excluding carboxylic acids is 2. The quantitative estimate of drug-likeness (QED) is 0.355. The van der Waals surface area contributed by atoms with Gasteiger partial charge in [-0.2, -0.15) is 19.6 Å². The molecule has 1 aromatic carbocycles. The number of fused-ring (bicyclic) bond motifs is 1. The second-order valence-electron chi connectivity index (χ2n) is 8.72. The van der Waals surface area contributed by atoms with E-state index in [0.29, 0.717) is 34.7 Å². The fourth-order valence-electron chi connectivity index (χ4n) is 3.81. The Kier molecular flexibility index (Phi) is 5.51. The Labute approximate surface area is 191 Å². The summed E-state index contributed by atoms with van der Waals surface area (Å²) in [5.74, 6) is 0.384. The van der Waals surface area contributed by atoms with Gasteiger partial charge < -0.3 is 15.5 Å². The maximum absolute atomic E-state index is 12.1. The van der Waals surface area contributed by atoms with E-state index in [9.17, 15) is 9.59 Å². The van der Waals surface area contributed by atoms with Gasteiger partial charge in [0.2, 0.25) is 17.8 Å². The maximum Gasteiger partial charge on any atom is 0.254 e. The number of aromatic nitrogens is 4. The first-order valence-electron chi connectivity index (χ1n) is 11.0. The summed E-state index contributed by atoms with van der Waals surface area (Å²) >= 11 is 0. The Morgan fingerprint density at radius 3 is 2.67 bits per heavy atom. The third kappa shape index (κ3) is 4.70. The fourth-order valence-corrected chi connectivity index (χ4v) is 3.81. The lowest BCUT2D eigenvalue weighted by molar-refractivity contribution is -0.124. The van der Waals surface area contributed by atoms with Crippen LogP contribution in [0.2, 0.25) is 0 Å². The van der Waals surface area contributed by atoms with Crippen LogP contribution in [0.1, 0.15) is 36.4 Å². The Morgan fingerprint density at radius 2 is 2.00 bits per heavy atom. The number of imide groups is 1. The molecule has 3 N–H and O–H groups in total. The number of nitrogens with zero attached hydrogens (tertiary/aromatic N) is 5. The number of likely N-dealkylation sites (N-methyl/N-ethyl adjacent to an activating group) is 1. The standard InChI is InChI=1S/C23H26N8O2/c1-30(2)13-18(14-6-4-3-5-7-14)26-22-28-20-16(10-15-11-19(32)27-21(15)33)12-24-31(20)23(29-22)25-17-8-9-17/h3-7,10,12,17-18H,8-9,11,13H2,1-2H3,(H,27,32,33)(H2,25,26,28,29)/b15-10+. The van der Waals surface area contributed by atoms with E-state index in [-0.39, 0.29) is 24.3 Å². The molecule has 1 saturated heterocycles. The third-order valence-electron chi connectivity index (χ3n) is 5.58. The van der Waals surface area contributed by atoms with Crippen molar-refractivity contribution in [3.63, 3.8) is 0 Å². The van der Waals surface area contributed by atoms with Crippen LogP contribution < -0.4 is 16.0 Å². The van der Waals surface area contributed by atoms with Crippen molar-refractivity contribution >= 4 is 35.4 Å². The first kappa shape index (κ1) is 21.1. The average molecular weight is 447 g/mol. The Balaban J connectivity index is 1.54. The molecule has 10 nitrogen and oxygen atoms in total. The van der Waals surface area contributed by atoms with Crippen molar-refractivity contribution in [1.82, 2.24) is 29.8 Å². The first-order chi connectivity index (χ1) is 16.0. The highest BCUT2D eigenvalue weighted by Crippen LogP contribution is 2.27. The van der Waals surface area contributed by atoms with Crippen LogP contribution in [0.4, 0.5) is 11.9 Å². The summed E-state index contributed by atoms with van der Waals surface area (Å²) in [4.78, 5) is 35.2. The summed E-state index contributed by atoms with van der Waals surface area (Å²) in [7, 11) is 4.05. The molecule has 1 aliphatic carbocycles. The van der Waals surface area contributed by atoms with Crippen molar-refractivity contribution in [3.8, 4) is 0 Å². The van der Waals surface area contributed by atoms with E-state index in [1.165, 1.54) is 0 Å². The number of benzene rings is 1. The van der Waals surface area contributed by atoms with Gasteiger partial charge in [0, 0.05) is 23.7 Å². The van der Waals surface area contributed by atoms with E-state index in [1.807, 2.05) is 32.3 Å². The summed E-state index contributed by atoms with van der Waals surface area (Å²) in [6.45, 7) is 0.752. The number of rotatable bonds is 8. The van der Waals surface area contributed by atoms with Gasteiger partial charge in [0.1, 0.15) is 0 Å². The second-order valence-corrected chi connectivity index (χ2v) is 8.72. The van der Waals surface area contributed by atoms with Crippen LogP contribution in [0.3, 0.4) is 0 Å². The molecule has 2 amide bonds. The lowest BCUT2D eigenvalue weighted by atomic mass is 10.1. The molecular weight excluding hydrogens is 420 g/mol. The SMILES string of the molecule is CN(C)CC(Nc1nc(NC2CC2)n2ncc(/C=C3\CC(=O)NC3=O)c2n1)c1ccccc1. The predicted octanol–water partition coefficient (Wildman–Crippen LogP) is 1.84. The van der Waals surface area contributed by atoms with Crippen LogP contribution >= 0.6 is 0 Å². The van der Waals surface area contributed by atoms with Crippen LogP contribution in [-0.4, -0.2) is 63.0 Å². The van der Waals surface area contributed by atoms with Crippen LogP contribution in [0.15, 0.2) is 42.1 Å². The molecule has 2 fully saturated rings. The zero-order chi connectivity index (χ0) is 22.9. The molecule has 1 unspecified atom stereocenters. The van der Waals surface area contributed by atoms with Crippen molar-refractivity contribution in [3.05, 3.63) is 53.2 Å². The van der Waals surface area contributed by atoms with E-state index in [2.05, 4.69) is 38.1 Å². The molecule has 170 valence electrons. The molecule has 5 rings (SSSR count). The Bertz CT molecular complexity index is 1230. The normalized spacial score (nSPS) is 18.2. The molecule has 3 heterocycles. The smallest absolute Gasteiger partial charge is 0.254 e. The minimum absolute atomic E-state index is 0.0274. The van der Waals surface area contributed by atoms with Crippen LogP contribution in [0, 0.1) is 0 Å². The molecule has 33 heavy (non-hydrogen) atoms. The van der Waals surface area contributed by atoms with Crippen LogP contribution in [0.5, 0.6) is 0 Å². The highest BCUT2D eigenvalue weighted by Gasteiger charge is 2.26. The van der Waals surface area contributed by atoms with E-state index in [0.717, 1.165) is 24.9 Å². The molecule has 0 radical (unpaired) electrons. The topological polar surface area (TPSA) is 117 Å². The van der Waals surface area contributed by atoms with E-state index < -0.39 is 0 Å². The minimum Gasteiger partial charge on any atom is -0.351 e. The molecule has 1 atom stereocenters. The van der Waals surface area contributed by atoms with Crippen molar-refractivity contribution < 1.29 is 9.59 Å². The van der Waals surface area contributed by atoms with Gasteiger partial charge in [-0.05, 0) is 38.6 Å². The minimum atomic E-state index is -0.377. The summed E-state index contributed by atoms with van der Waals surface area (Å²) < 4.78 is 1.65. The lowest BCUT2D eigenvalue weighted by Crippen LogP contribution is -2.26. The third-order valence-corrected chi connectivity index (χ3v) is 5.58. The number of nitrogens with one attached hydrogen (secondary N) is 3. The molecule has 1 aliphatic heterocycles. The molecule has 3 aromatic rings. The molecule has 10 heteroatoms. The second kappa shape index (κ2) is 8.62. The summed E-state index contributed by atoms with van der Waals surface area (Å²) in [5.41, 5.74) is 2.74. The maximum atomic E-state index is 12.1. The Hall–Kier alpha value is -3.79. The zero-order valence-electron chi connectivity index (χ0n) is 18.6. The van der Waals surface area contributed by atoms with Crippen molar-refractivity contribution in [2.24, 2.45) is 0 Å². The first-order valence-corrected chi connectivity index (χ1v) is 11.0. The van der Waals surface area contributed by atoms with Gasteiger partial charge in [-0.3, -0.25) is 14.9 Å². The molecule has 2 aromatic heterocycles. The van der Waals surface area contributed by atoms with Gasteiger partial charge in [0.05, 0.1) is 18.7 Å². The summed E-state index contributed by atoms with van der Waals surface area (Å²) in [5, 5.41) is 13.7. The monoisotopic (exact) mass is 446 g/mol. The largest absolute Gasteiger partial charge is 0.351 e. The number of hydrogen-bond donors (Lipinski definition) is 3. The van der Waals surface area contributed by atoms with Crippen molar-refractivity contribution in [2.75, 3.05) is 31.3 Å². The van der Waals surface area contributed by atoms with Gasteiger partial charge >= 0.3 is 0 Å². The van der Waals surface area contributed by atoms with Gasteiger partial charge in [0.25, 0.3) is 5.91 Å². The molecule has 2 aliphatic rings. The fraction of sp³-hybridized carbons (Fsp3) is 0.348. The highest BCUT2D eigenvalue weighted by molar-refractivity contribution is 6.15. The van der Waals surface area contributed by atoms with Gasteiger partial charge in [-0.25, -0.2) is 0 Å². The number of amides is 2. The summed E-state index contributed by atoms with van der Waals surface area (Å²) in [6, 6.07) is 10.5. The van der Waals surface area contributed by atoms with Crippen LogP contribution in [-0.2, 0) is 9.59 Å². The molecule has 0 bridgehead atoms. The molecular formula is C23H26N8O2. The number of anilines is 2. The van der Waals surface area contributed by atoms with E-state index in [4.69, 9.17) is 9.97 Å². The number of carbonyl (C=O) groups is 2.